The van der Waals surface area contributed by atoms with Crippen LogP contribution in [0, 0.1) is 0 Å². The first-order chi connectivity index (χ1) is 23.7. The Morgan fingerprint density at radius 2 is 0.833 bits per heavy atom. The molecular weight excluding hydrogens is 585 g/mol. The molecule has 10 rings (SSSR count). The van der Waals surface area contributed by atoms with E-state index in [9.17, 15) is 4.79 Å². The maximum absolute atomic E-state index is 14.1. The summed E-state index contributed by atoms with van der Waals surface area (Å²) in [6.45, 7) is 0. The Kier molecular flexibility index (Phi) is 5.73. The normalized spacial score (nSPS) is 11.8. The lowest BCUT2D eigenvalue weighted by molar-refractivity contribution is 0.931. The van der Waals surface area contributed by atoms with Gasteiger partial charge in [0, 0.05) is 0 Å². The molecule has 3 heteroatoms. The molecule has 0 atom stereocenters. The Labute approximate surface area is 276 Å². The van der Waals surface area contributed by atoms with Gasteiger partial charge in [0.1, 0.15) is 0 Å². The SMILES string of the molecule is O=c1n(-c2ccccc2)c2ccc(-c3ccc4ccc5c(-c6ccc7ccccc7c6)ccc6ccc3c4c65)cc2n1-c1ccccc1. The van der Waals surface area contributed by atoms with Crippen LogP contribution in [0.15, 0.2) is 175 Å². The van der Waals surface area contributed by atoms with Crippen LogP contribution in [0.25, 0.3) is 87.8 Å². The van der Waals surface area contributed by atoms with Crippen molar-refractivity contribution in [3.8, 4) is 33.6 Å². The summed E-state index contributed by atoms with van der Waals surface area (Å²) in [7, 11) is 0. The third-order valence-electron chi connectivity index (χ3n) is 9.90. The number of hydrogen-bond donors (Lipinski definition) is 0. The number of nitrogens with zero attached hydrogens (tertiary/aromatic N) is 2. The van der Waals surface area contributed by atoms with E-state index >= 15 is 0 Å². The minimum Gasteiger partial charge on any atom is -0.260 e. The maximum Gasteiger partial charge on any atom is 0.338 e. The van der Waals surface area contributed by atoms with Gasteiger partial charge in [0.25, 0.3) is 0 Å². The number of para-hydroxylation sites is 2. The largest absolute Gasteiger partial charge is 0.338 e. The zero-order chi connectivity index (χ0) is 31.8. The highest BCUT2D eigenvalue weighted by molar-refractivity contribution is 6.27. The highest BCUT2D eigenvalue weighted by atomic mass is 16.1. The molecule has 224 valence electrons. The van der Waals surface area contributed by atoms with E-state index in [1.807, 2.05) is 69.8 Å². The van der Waals surface area contributed by atoms with Crippen LogP contribution < -0.4 is 5.69 Å². The smallest absolute Gasteiger partial charge is 0.260 e. The lowest BCUT2D eigenvalue weighted by Crippen LogP contribution is -2.21. The summed E-state index contributed by atoms with van der Waals surface area (Å²) in [6, 6.07) is 59.6. The molecular formula is C45H28N2O. The molecule has 0 saturated heterocycles. The predicted molar refractivity (Wildman–Crippen MR) is 201 cm³/mol. The van der Waals surface area contributed by atoms with Gasteiger partial charge in [-0.25, -0.2) is 4.79 Å². The molecule has 0 fully saturated rings. The summed E-state index contributed by atoms with van der Waals surface area (Å²) in [5.41, 5.74) is 8.03. The van der Waals surface area contributed by atoms with Gasteiger partial charge in [-0.05, 0) is 108 Å². The molecule has 0 aliphatic heterocycles. The molecule has 0 unspecified atom stereocenters. The van der Waals surface area contributed by atoms with Crippen LogP contribution in [0.4, 0.5) is 0 Å². The average Bonchev–Trinajstić information content (AvgIpc) is 3.44. The lowest BCUT2D eigenvalue weighted by atomic mass is 9.87. The molecule has 9 aromatic carbocycles. The van der Waals surface area contributed by atoms with E-state index in [1.165, 1.54) is 54.2 Å². The number of imidazole rings is 1. The predicted octanol–water partition coefficient (Wildman–Crippen LogP) is 11.2. The van der Waals surface area contributed by atoms with E-state index in [2.05, 4.69) is 109 Å². The number of benzene rings is 9. The lowest BCUT2D eigenvalue weighted by Gasteiger charge is -2.17. The molecule has 0 spiro atoms. The zero-order valence-electron chi connectivity index (χ0n) is 26.0. The van der Waals surface area contributed by atoms with Crippen molar-refractivity contribution in [1.82, 2.24) is 9.13 Å². The van der Waals surface area contributed by atoms with Crippen LogP contribution in [0.1, 0.15) is 0 Å². The van der Waals surface area contributed by atoms with Crippen LogP contribution in [0.5, 0.6) is 0 Å². The molecule has 10 aromatic rings. The third-order valence-corrected chi connectivity index (χ3v) is 9.90. The molecule has 0 N–H and O–H groups in total. The number of fused-ring (bicyclic) bond motifs is 2. The van der Waals surface area contributed by atoms with Crippen LogP contribution >= 0.6 is 0 Å². The van der Waals surface area contributed by atoms with Gasteiger partial charge in [-0.3, -0.25) is 9.13 Å². The quantitative estimate of drug-likeness (QED) is 0.182. The van der Waals surface area contributed by atoms with Gasteiger partial charge in [-0.1, -0.05) is 127 Å². The maximum atomic E-state index is 14.1. The second-order valence-corrected chi connectivity index (χ2v) is 12.5. The van der Waals surface area contributed by atoms with Gasteiger partial charge in [0.15, 0.2) is 0 Å². The summed E-state index contributed by atoms with van der Waals surface area (Å²) in [6.07, 6.45) is 0. The molecule has 0 bridgehead atoms. The summed E-state index contributed by atoms with van der Waals surface area (Å²) >= 11 is 0. The fraction of sp³-hybridized carbons (Fsp3) is 0. The van der Waals surface area contributed by atoms with Crippen molar-refractivity contribution in [2.45, 2.75) is 0 Å². The van der Waals surface area contributed by atoms with Gasteiger partial charge in [-0.2, -0.15) is 0 Å². The molecule has 3 nitrogen and oxygen atoms in total. The van der Waals surface area contributed by atoms with Crippen LogP contribution in [-0.4, -0.2) is 9.13 Å². The Balaban J connectivity index is 1.22. The molecule has 0 aliphatic carbocycles. The molecule has 0 radical (unpaired) electrons. The van der Waals surface area contributed by atoms with Crippen LogP contribution in [0.3, 0.4) is 0 Å². The van der Waals surface area contributed by atoms with Gasteiger partial charge in [-0.15, -0.1) is 0 Å². The Bertz CT molecular complexity index is 2900. The Morgan fingerprint density at radius 1 is 0.354 bits per heavy atom. The Hall–Kier alpha value is -6.45. The fourth-order valence-electron chi connectivity index (χ4n) is 7.68. The van der Waals surface area contributed by atoms with Gasteiger partial charge in [0.2, 0.25) is 0 Å². The third kappa shape index (κ3) is 3.91. The van der Waals surface area contributed by atoms with Crippen molar-refractivity contribution in [2.75, 3.05) is 0 Å². The minimum absolute atomic E-state index is 0.0869. The van der Waals surface area contributed by atoms with Gasteiger partial charge >= 0.3 is 5.69 Å². The van der Waals surface area contributed by atoms with Crippen molar-refractivity contribution in [3.63, 3.8) is 0 Å². The van der Waals surface area contributed by atoms with Crippen LogP contribution in [-0.2, 0) is 0 Å². The first kappa shape index (κ1) is 26.7. The molecule has 0 saturated carbocycles. The van der Waals surface area contributed by atoms with E-state index in [-0.39, 0.29) is 5.69 Å². The standard InChI is InChI=1S/C45H28N2O/c48-45-46(35-11-3-1-4-12-35)41-26-21-34(28-42(41)47(45)36-13-5-2-6-14-36)38-23-18-31-19-24-39-37(22-17-30-20-25-40(38)44(31)43(30)39)33-16-15-29-9-7-8-10-32(29)27-33/h1-28H. The minimum atomic E-state index is -0.0869. The van der Waals surface area contributed by atoms with E-state index in [1.54, 1.807) is 0 Å². The topological polar surface area (TPSA) is 26.9 Å². The van der Waals surface area contributed by atoms with Gasteiger partial charge < -0.3 is 0 Å². The van der Waals surface area contributed by atoms with Crippen molar-refractivity contribution >= 4 is 54.1 Å². The molecule has 0 amide bonds. The summed E-state index contributed by atoms with van der Waals surface area (Å²) in [5, 5.41) is 9.97. The number of rotatable bonds is 4. The van der Waals surface area contributed by atoms with Crippen molar-refractivity contribution in [1.29, 1.82) is 0 Å². The average molecular weight is 613 g/mol. The second-order valence-electron chi connectivity index (χ2n) is 12.5. The summed E-state index contributed by atoms with van der Waals surface area (Å²) in [4.78, 5) is 14.1. The second kappa shape index (κ2) is 10.3. The molecule has 1 heterocycles. The van der Waals surface area contributed by atoms with Crippen molar-refractivity contribution in [3.05, 3.63) is 180 Å². The summed E-state index contributed by atoms with van der Waals surface area (Å²) in [5.74, 6) is 0. The van der Waals surface area contributed by atoms with E-state index < -0.39 is 0 Å². The van der Waals surface area contributed by atoms with Crippen molar-refractivity contribution in [2.24, 2.45) is 0 Å². The van der Waals surface area contributed by atoms with Gasteiger partial charge in [0.05, 0.1) is 22.4 Å². The first-order valence-electron chi connectivity index (χ1n) is 16.3. The van der Waals surface area contributed by atoms with Crippen LogP contribution in [0.2, 0.25) is 0 Å². The number of hydrogen-bond acceptors (Lipinski definition) is 1. The first-order valence-corrected chi connectivity index (χ1v) is 16.3. The zero-order valence-corrected chi connectivity index (χ0v) is 26.0. The molecule has 0 aliphatic rings. The molecule has 48 heavy (non-hydrogen) atoms. The monoisotopic (exact) mass is 612 g/mol. The molecule has 1 aromatic heterocycles. The Morgan fingerprint density at radius 3 is 1.46 bits per heavy atom. The van der Waals surface area contributed by atoms with Crippen molar-refractivity contribution < 1.29 is 0 Å². The van der Waals surface area contributed by atoms with E-state index in [4.69, 9.17) is 0 Å². The fourth-order valence-corrected chi connectivity index (χ4v) is 7.68. The highest BCUT2D eigenvalue weighted by Gasteiger charge is 2.19. The van der Waals surface area contributed by atoms with E-state index in [0.717, 1.165) is 33.5 Å². The number of aromatic nitrogens is 2. The van der Waals surface area contributed by atoms with E-state index in [0.29, 0.717) is 0 Å². The highest BCUT2D eigenvalue weighted by Crippen LogP contribution is 2.43. The summed E-state index contributed by atoms with van der Waals surface area (Å²) < 4.78 is 3.64.